The van der Waals surface area contributed by atoms with Gasteiger partial charge in [0.05, 0.1) is 6.10 Å². The summed E-state index contributed by atoms with van der Waals surface area (Å²) in [5.41, 5.74) is -0.201. The van der Waals surface area contributed by atoms with E-state index in [4.69, 9.17) is 4.74 Å². The molecule has 1 aromatic rings. The van der Waals surface area contributed by atoms with Gasteiger partial charge in [-0.15, -0.1) is 0 Å². The number of ether oxygens (including phenoxy) is 1. The molecule has 1 rings (SSSR count). The second-order valence-corrected chi connectivity index (χ2v) is 4.94. The average molecular weight is 226 g/mol. The molecular weight excluding hydrogens is 208 g/mol. The van der Waals surface area contributed by atoms with E-state index in [1.54, 1.807) is 18.9 Å². The first-order valence-electron chi connectivity index (χ1n) is 5.07. The van der Waals surface area contributed by atoms with Gasteiger partial charge in [-0.05, 0) is 18.1 Å². The van der Waals surface area contributed by atoms with Gasteiger partial charge in [-0.1, -0.05) is 43.8 Å². The molecule has 2 nitrogen and oxygen atoms in total. The van der Waals surface area contributed by atoms with E-state index in [1.807, 2.05) is 44.2 Å². The molecule has 0 radical (unpaired) electrons. The van der Waals surface area contributed by atoms with Crippen LogP contribution in [0, 0.1) is 5.92 Å². The number of methoxy groups -OCH3 is 1. The molecule has 0 saturated carbocycles. The highest BCUT2D eigenvalue weighted by Crippen LogP contribution is 2.27. The van der Waals surface area contributed by atoms with Crippen molar-refractivity contribution in [1.29, 1.82) is 0 Å². The Morgan fingerprint density at radius 3 is 2.27 bits per heavy atom. The van der Waals surface area contributed by atoms with Crippen LogP contribution in [-0.4, -0.2) is 23.8 Å². The van der Waals surface area contributed by atoms with Gasteiger partial charge >= 0.3 is 0 Å². The van der Waals surface area contributed by atoms with Gasteiger partial charge in [-0.2, -0.15) is 0 Å². The highest BCUT2D eigenvalue weighted by atomic mass is 32.2. The Labute approximate surface area is 95.7 Å². The molecule has 0 aliphatic rings. The molecule has 2 unspecified atom stereocenters. The molecule has 0 aliphatic carbocycles. The molecule has 0 amide bonds. The number of thioether (sulfide) groups is 1. The van der Waals surface area contributed by atoms with Crippen LogP contribution in [0.2, 0.25) is 0 Å². The van der Waals surface area contributed by atoms with Crippen molar-refractivity contribution < 1.29 is 9.84 Å². The first-order chi connectivity index (χ1) is 7.15. The number of benzene rings is 1. The Balaban J connectivity index is 2.62. The quantitative estimate of drug-likeness (QED) is 0.618. The van der Waals surface area contributed by atoms with E-state index in [2.05, 4.69) is 0 Å². The third kappa shape index (κ3) is 3.86. The van der Waals surface area contributed by atoms with Crippen LogP contribution in [0.1, 0.15) is 13.8 Å². The third-order valence-electron chi connectivity index (χ3n) is 2.19. The highest BCUT2D eigenvalue weighted by Gasteiger charge is 2.22. The Hall–Kier alpha value is -0.510. The maximum absolute atomic E-state index is 9.90. The zero-order valence-electron chi connectivity index (χ0n) is 9.38. The summed E-state index contributed by atoms with van der Waals surface area (Å²) in [6.45, 7) is 3.98. The largest absolute Gasteiger partial charge is 0.389 e. The summed E-state index contributed by atoms with van der Waals surface area (Å²) in [5, 5.41) is 9.90. The minimum Gasteiger partial charge on any atom is -0.389 e. The fraction of sp³-hybridized carbons (Fsp3) is 0.500. The molecule has 3 heteroatoms. The molecule has 0 saturated heterocycles. The van der Waals surface area contributed by atoms with Gasteiger partial charge in [0, 0.05) is 12.0 Å². The second kappa shape index (κ2) is 6.16. The Morgan fingerprint density at radius 1 is 1.20 bits per heavy atom. The molecule has 1 N–H and O–H groups in total. The van der Waals surface area contributed by atoms with Crippen molar-refractivity contribution in [2.45, 2.75) is 30.3 Å². The first kappa shape index (κ1) is 12.6. The standard InChI is InChI=1S/C12H18O2S/c1-9(2)11(13)12(14-3)15-10-7-5-4-6-8-10/h4-9,11-13H,1-3H3. The lowest BCUT2D eigenvalue weighted by atomic mass is 10.1. The minimum absolute atomic E-state index is 0.200. The van der Waals surface area contributed by atoms with Crippen LogP contribution < -0.4 is 0 Å². The van der Waals surface area contributed by atoms with Gasteiger partial charge in [0.2, 0.25) is 0 Å². The number of aliphatic hydroxyl groups is 1. The van der Waals surface area contributed by atoms with Crippen molar-refractivity contribution in [3.05, 3.63) is 30.3 Å². The first-order valence-corrected chi connectivity index (χ1v) is 5.95. The lowest BCUT2D eigenvalue weighted by Gasteiger charge is -2.23. The van der Waals surface area contributed by atoms with Crippen LogP contribution in [-0.2, 0) is 4.74 Å². The lowest BCUT2D eigenvalue weighted by molar-refractivity contribution is 0.0150. The van der Waals surface area contributed by atoms with Crippen LogP contribution >= 0.6 is 11.8 Å². The molecule has 84 valence electrons. The van der Waals surface area contributed by atoms with Gasteiger partial charge in [-0.3, -0.25) is 0 Å². The predicted molar refractivity (Wildman–Crippen MR) is 63.9 cm³/mol. The number of hydrogen-bond donors (Lipinski definition) is 1. The fourth-order valence-electron chi connectivity index (χ4n) is 1.20. The van der Waals surface area contributed by atoms with Crippen molar-refractivity contribution >= 4 is 11.8 Å². The van der Waals surface area contributed by atoms with E-state index in [1.165, 1.54) is 0 Å². The molecule has 2 atom stereocenters. The van der Waals surface area contributed by atoms with Crippen LogP contribution in [0.25, 0.3) is 0 Å². The summed E-state index contributed by atoms with van der Waals surface area (Å²) < 4.78 is 5.29. The Morgan fingerprint density at radius 2 is 1.80 bits per heavy atom. The summed E-state index contributed by atoms with van der Waals surface area (Å²) in [6, 6.07) is 9.98. The maximum Gasteiger partial charge on any atom is 0.133 e. The topological polar surface area (TPSA) is 29.5 Å². The molecule has 0 bridgehead atoms. The van der Waals surface area contributed by atoms with E-state index in [9.17, 15) is 5.11 Å². The van der Waals surface area contributed by atoms with Gasteiger partial charge in [0.15, 0.2) is 0 Å². The SMILES string of the molecule is COC(Sc1ccccc1)C(O)C(C)C. The van der Waals surface area contributed by atoms with Crippen LogP contribution in [0.4, 0.5) is 0 Å². The molecule has 0 spiro atoms. The van der Waals surface area contributed by atoms with Crippen molar-refractivity contribution in [2.24, 2.45) is 5.92 Å². The Kier molecular flexibility index (Phi) is 5.15. The number of aliphatic hydroxyl groups excluding tert-OH is 1. The molecule has 1 aromatic carbocycles. The summed E-state index contributed by atoms with van der Waals surface area (Å²) in [7, 11) is 1.63. The summed E-state index contributed by atoms with van der Waals surface area (Å²) in [6.07, 6.45) is -0.444. The van der Waals surface area contributed by atoms with Crippen molar-refractivity contribution in [3.8, 4) is 0 Å². The van der Waals surface area contributed by atoms with Gasteiger partial charge < -0.3 is 9.84 Å². The summed E-state index contributed by atoms with van der Waals surface area (Å²) in [4.78, 5) is 1.11. The van der Waals surface area contributed by atoms with Crippen LogP contribution in [0.5, 0.6) is 0 Å². The van der Waals surface area contributed by atoms with Gasteiger partial charge in [0.1, 0.15) is 5.44 Å². The van der Waals surface area contributed by atoms with E-state index in [0.29, 0.717) is 0 Å². The van der Waals surface area contributed by atoms with Gasteiger partial charge in [-0.25, -0.2) is 0 Å². The maximum atomic E-state index is 9.90. The zero-order chi connectivity index (χ0) is 11.3. The second-order valence-electron chi connectivity index (χ2n) is 3.77. The average Bonchev–Trinajstić information content (AvgIpc) is 2.26. The van der Waals surface area contributed by atoms with E-state index in [-0.39, 0.29) is 11.4 Å². The summed E-state index contributed by atoms with van der Waals surface area (Å²) in [5.74, 6) is 0.200. The smallest absolute Gasteiger partial charge is 0.133 e. The fourth-order valence-corrected chi connectivity index (χ4v) is 2.34. The lowest BCUT2D eigenvalue weighted by Crippen LogP contribution is -2.29. The molecule has 0 aliphatic heterocycles. The number of hydrogen-bond acceptors (Lipinski definition) is 3. The predicted octanol–water partition coefficient (Wildman–Crippen LogP) is 2.77. The molecule has 0 heterocycles. The van der Waals surface area contributed by atoms with Gasteiger partial charge in [0.25, 0.3) is 0 Å². The van der Waals surface area contributed by atoms with E-state index < -0.39 is 6.10 Å². The normalized spacial score (nSPS) is 15.3. The summed E-state index contributed by atoms with van der Waals surface area (Å²) >= 11 is 1.55. The minimum atomic E-state index is -0.444. The van der Waals surface area contributed by atoms with E-state index in [0.717, 1.165) is 4.90 Å². The van der Waals surface area contributed by atoms with Crippen LogP contribution in [0.3, 0.4) is 0 Å². The highest BCUT2D eigenvalue weighted by molar-refractivity contribution is 7.99. The third-order valence-corrected chi connectivity index (χ3v) is 3.44. The molecule has 0 fully saturated rings. The van der Waals surface area contributed by atoms with Crippen molar-refractivity contribution in [3.63, 3.8) is 0 Å². The Bertz CT molecular complexity index is 274. The van der Waals surface area contributed by atoms with E-state index >= 15 is 0 Å². The van der Waals surface area contributed by atoms with Crippen molar-refractivity contribution in [2.75, 3.05) is 7.11 Å². The molecule has 0 aromatic heterocycles. The molecule has 15 heavy (non-hydrogen) atoms. The molecular formula is C12H18O2S. The monoisotopic (exact) mass is 226 g/mol. The van der Waals surface area contributed by atoms with Crippen molar-refractivity contribution in [1.82, 2.24) is 0 Å². The van der Waals surface area contributed by atoms with Crippen LogP contribution in [0.15, 0.2) is 35.2 Å². The number of rotatable bonds is 5. The zero-order valence-corrected chi connectivity index (χ0v) is 10.2.